The summed E-state index contributed by atoms with van der Waals surface area (Å²) < 4.78 is 6.32. The molecule has 6 heteroatoms. The quantitative estimate of drug-likeness (QED) is 0.281. The molecule has 4 rings (SSSR count). The second-order valence-corrected chi connectivity index (χ2v) is 9.12. The summed E-state index contributed by atoms with van der Waals surface area (Å²) in [5.74, 6) is -0.315. The van der Waals surface area contributed by atoms with E-state index in [-0.39, 0.29) is 5.97 Å². The summed E-state index contributed by atoms with van der Waals surface area (Å²) in [7, 11) is 0. The zero-order valence-electron chi connectivity index (χ0n) is 20.7. The summed E-state index contributed by atoms with van der Waals surface area (Å²) in [4.78, 5) is 23.2. The summed E-state index contributed by atoms with van der Waals surface area (Å²) in [5, 5.41) is 0. The minimum absolute atomic E-state index is 0.315. The molecular formula is C28H33N3O2S. The van der Waals surface area contributed by atoms with Gasteiger partial charge < -0.3 is 14.5 Å². The number of cyclic esters (lactones) is 1. The fourth-order valence-electron chi connectivity index (χ4n) is 4.92. The van der Waals surface area contributed by atoms with Crippen LogP contribution in [0.5, 0.6) is 0 Å². The average molecular weight is 476 g/mol. The summed E-state index contributed by atoms with van der Waals surface area (Å²) in [5.41, 5.74) is 4.54. The number of nitrogens with zero attached hydrogens (tertiary/aromatic N) is 3. The largest absolute Gasteiger partial charge is 0.440 e. The van der Waals surface area contributed by atoms with Gasteiger partial charge in [0.2, 0.25) is 0 Å². The molecule has 1 aliphatic heterocycles. The van der Waals surface area contributed by atoms with Crippen LogP contribution in [-0.2, 0) is 10.3 Å². The van der Waals surface area contributed by atoms with E-state index in [1.165, 1.54) is 5.69 Å². The van der Waals surface area contributed by atoms with Crippen molar-refractivity contribution in [2.24, 2.45) is 0 Å². The molecule has 0 aliphatic carbocycles. The van der Waals surface area contributed by atoms with E-state index in [0.29, 0.717) is 5.56 Å². The standard InChI is InChI=1S/C28H33N3O2S/c1-6-30(7-2)21-12-10-20(11-13-21)28(25-19-29-17-16-23(25)27(32)33-28)24-15-14-22(18-26(24)34-5)31(8-3)9-4/h10-19H,6-9H2,1-5H3. The van der Waals surface area contributed by atoms with Crippen LogP contribution in [0.1, 0.15) is 54.7 Å². The fourth-order valence-corrected chi connectivity index (χ4v) is 5.59. The second-order valence-electron chi connectivity index (χ2n) is 8.27. The number of rotatable bonds is 9. The zero-order valence-corrected chi connectivity index (χ0v) is 21.5. The van der Waals surface area contributed by atoms with Crippen LogP contribution in [0.4, 0.5) is 11.4 Å². The molecule has 0 amide bonds. The summed E-state index contributed by atoms with van der Waals surface area (Å²) in [6.07, 6.45) is 5.50. The maximum atomic E-state index is 13.1. The van der Waals surface area contributed by atoms with Gasteiger partial charge in [0.05, 0.1) is 5.56 Å². The van der Waals surface area contributed by atoms with Gasteiger partial charge in [0.1, 0.15) is 0 Å². The normalized spacial score (nSPS) is 16.8. The van der Waals surface area contributed by atoms with Gasteiger partial charge in [-0.3, -0.25) is 4.98 Å². The minimum atomic E-state index is -1.04. The van der Waals surface area contributed by atoms with Crippen LogP contribution >= 0.6 is 11.8 Å². The highest BCUT2D eigenvalue weighted by Crippen LogP contribution is 2.50. The number of anilines is 2. The zero-order chi connectivity index (χ0) is 24.3. The van der Waals surface area contributed by atoms with Crippen LogP contribution in [0.15, 0.2) is 65.8 Å². The van der Waals surface area contributed by atoms with E-state index in [1.807, 2.05) is 0 Å². The van der Waals surface area contributed by atoms with Gasteiger partial charge in [-0.1, -0.05) is 18.2 Å². The molecule has 1 unspecified atom stereocenters. The van der Waals surface area contributed by atoms with E-state index in [1.54, 1.807) is 30.2 Å². The van der Waals surface area contributed by atoms with E-state index in [0.717, 1.165) is 53.5 Å². The molecule has 0 bridgehead atoms. The number of fused-ring (bicyclic) bond motifs is 1. The van der Waals surface area contributed by atoms with E-state index in [4.69, 9.17) is 4.74 Å². The Kier molecular flexibility index (Phi) is 7.17. The molecule has 178 valence electrons. The molecule has 3 aromatic rings. The first kappa shape index (κ1) is 24.1. The Morgan fingerprint density at radius 3 is 2.09 bits per heavy atom. The van der Waals surface area contributed by atoms with Crippen LogP contribution in [0.2, 0.25) is 0 Å². The van der Waals surface area contributed by atoms with Gasteiger partial charge >= 0.3 is 5.97 Å². The second kappa shape index (κ2) is 10.1. The SMILES string of the molecule is CCN(CC)c1ccc(C2(c3ccc(N(CC)CC)cc3SC)OC(=O)c3ccncc32)cc1. The number of carbonyl (C=O) groups excluding carboxylic acids is 1. The van der Waals surface area contributed by atoms with Crippen LogP contribution in [-0.4, -0.2) is 43.4 Å². The summed E-state index contributed by atoms with van der Waals surface area (Å²) >= 11 is 1.67. The Balaban J connectivity index is 1.94. The molecule has 0 fully saturated rings. The van der Waals surface area contributed by atoms with Gasteiger partial charge in [-0.2, -0.15) is 0 Å². The maximum absolute atomic E-state index is 13.1. The first-order valence-electron chi connectivity index (χ1n) is 12.0. The molecular weight excluding hydrogens is 442 g/mol. The van der Waals surface area contributed by atoms with Crippen LogP contribution < -0.4 is 9.80 Å². The summed E-state index contributed by atoms with van der Waals surface area (Å²) in [6, 6.07) is 16.6. The van der Waals surface area contributed by atoms with Gasteiger partial charge in [-0.05, 0) is 64.3 Å². The molecule has 2 aromatic carbocycles. The highest BCUT2D eigenvalue weighted by molar-refractivity contribution is 7.98. The van der Waals surface area contributed by atoms with Crippen LogP contribution in [0.3, 0.4) is 0 Å². The van der Waals surface area contributed by atoms with Crippen molar-refractivity contribution in [2.75, 3.05) is 42.2 Å². The van der Waals surface area contributed by atoms with Crippen molar-refractivity contribution in [3.63, 3.8) is 0 Å². The predicted octanol–water partition coefficient (Wildman–Crippen LogP) is 5.96. The third kappa shape index (κ3) is 3.94. The third-order valence-corrected chi connectivity index (χ3v) is 7.54. The minimum Gasteiger partial charge on any atom is -0.440 e. The highest BCUT2D eigenvalue weighted by atomic mass is 32.2. The number of thioether (sulfide) groups is 1. The van der Waals surface area contributed by atoms with Crippen molar-refractivity contribution in [1.29, 1.82) is 0 Å². The lowest BCUT2D eigenvalue weighted by molar-refractivity contribution is 0.0244. The Morgan fingerprint density at radius 1 is 0.853 bits per heavy atom. The lowest BCUT2D eigenvalue weighted by Crippen LogP contribution is -2.31. The Morgan fingerprint density at radius 2 is 1.47 bits per heavy atom. The monoisotopic (exact) mass is 475 g/mol. The van der Waals surface area contributed by atoms with Crippen LogP contribution in [0, 0.1) is 0 Å². The number of hydrogen-bond acceptors (Lipinski definition) is 6. The molecule has 0 N–H and O–H groups in total. The van der Waals surface area contributed by atoms with E-state index in [2.05, 4.69) is 91.2 Å². The first-order valence-corrected chi connectivity index (χ1v) is 13.2. The molecule has 34 heavy (non-hydrogen) atoms. The smallest absolute Gasteiger partial charge is 0.340 e. The van der Waals surface area contributed by atoms with Gasteiger partial charge in [0.25, 0.3) is 0 Å². The molecule has 2 heterocycles. The molecule has 0 radical (unpaired) electrons. The Hall–Kier alpha value is -2.99. The average Bonchev–Trinajstić information content (AvgIpc) is 3.19. The van der Waals surface area contributed by atoms with Crippen molar-refractivity contribution in [3.05, 3.63) is 83.2 Å². The van der Waals surface area contributed by atoms with E-state index >= 15 is 0 Å². The highest BCUT2D eigenvalue weighted by Gasteiger charge is 2.50. The third-order valence-electron chi connectivity index (χ3n) is 6.76. The van der Waals surface area contributed by atoms with Crippen LogP contribution in [0.25, 0.3) is 0 Å². The summed E-state index contributed by atoms with van der Waals surface area (Å²) in [6.45, 7) is 12.4. The number of ether oxygens (including phenoxy) is 1. The lowest BCUT2D eigenvalue weighted by atomic mass is 9.80. The number of aromatic nitrogens is 1. The van der Waals surface area contributed by atoms with Crippen molar-refractivity contribution >= 4 is 29.1 Å². The number of esters is 1. The van der Waals surface area contributed by atoms with Crippen molar-refractivity contribution in [2.45, 2.75) is 38.2 Å². The lowest BCUT2D eigenvalue weighted by Gasteiger charge is -2.33. The maximum Gasteiger partial charge on any atom is 0.340 e. The van der Waals surface area contributed by atoms with Crippen molar-refractivity contribution in [3.8, 4) is 0 Å². The molecule has 0 spiro atoms. The van der Waals surface area contributed by atoms with E-state index in [9.17, 15) is 4.79 Å². The molecule has 5 nitrogen and oxygen atoms in total. The molecule has 0 saturated heterocycles. The first-order chi connectivity index (χ1) is 16.5. The van der Waals surface area contributed by atoms with E-state index < -0.39 is 5.60 Å². The Bertz CT molecular complexity index is 1160. The Labute approximate surface area is 207 Å². The van der Waals surface area contributed by atoms with Gasteiger partial charge in [-0.25, -0.2) is 4.79 Å². The fraction of sp³-hybridized carbons (Fsp3) is 0.357. The molecule has 1 aromatic heterocycles. The number of pyridine rings is 1. The van der Waals surface area contributed by atoms with Gasteiger partial charge in [-0.15, -0.1) is 11.8 Å². The topological polar surface area (TPSA) is 45.7 Å². The molecule has 1 atom stereocenters. The molecule has 0 saturated carbocycles. The number of hydrogen-bond donors (Lipinski definition) is 0. The number of carbonyl (C=O) groups is 1. The van der Waals surface area contributed by atoms with Crippen molar-refractivity contribution < 1.29 is 9.53 Å². The predicted molar refractivity (Wildman–Crippen MR) is 141 cm³/mol. The van der Waals surface area contributed by atoms with Gasteiger partial charge in [0.15, 0.2) is 5.60 Å². The number of benzene rings is 2. The molecule has 1 aliphatic rings. The van der Waals surface area contributed by atoms with Gasteiger partial charge in [0, 0.05) is 71.5 Å². The van der Waals surface area contributed by atoms with Crippen molar-refractivity contribution in [1.82, 2.24) is 4.98 Å².